The van der Waals surface area contributed by atoms with E-state index >= 15 is 0 Å². The van der Waals surface area contributed by atoms with Gasteiger partial charge in [-0.05, 0) is 38.3 Å². The van der Waals surface area contributed by atoms with Gasteiger partial charge in [0.15, 0.2) is 0 Å². The lowest BCUT2D eigenvalue weighted by atomic mass is 10.0. The first-order valence-corrected chi connectivity index (χ1v) is 14.7. The minimum Gasteiger partial charge on any atom is -0.379 e. The molecule has 0 bridgehead atoms. The number of urea groups is 1. The fourth-order valence-corrected chi connectivity index (χ4v) is 7.18. The van der Waals surface area contributed by atoms with Crippen LogP contribution in [0.1, 0.15) is 51.4 Å². The van der Waals surface area contributed by atoms with Gasteiger partial charge in [-0.15, -0.1) is 0 Å². The molecule has 3 saturated heterocycles. The number of fused-ring (bicyclic) bond motifs is 1. The number of Topliss-reactive ketones (excluding diaryl/α,β-unsaturated/α-hetero) is 1. The third kappa shape index (κ3) is 7.05. The number of thioether (sulfide) groups is 1. The van der Waals surface area contributed by atoms with E-state index in [9.17, 15) is 23.2 Å². The van der Waals surface area contributed by atoms with Gasteiger partial charge in [0.2, 0.25) is 5.91 Å². The number of halogens is 2. The van der Waals surface area contributed by atoms with Crippen molar-refractivity contribution < 1.29 is 32.6 Å². The maximum atomic E-state index is 14.2. The van der Waals surface area contributed by atoms with Gasteiger partial charge in [-0.2, -0.15) is 11.8 Å². The lowest BCUT2D eigenvalue weighted by molar-refractivity contribution is -0.121. The average molecular weight is 559 g/mol. The summed E-state index contributed by atoms with van der Waals surface area (Å²) in [5.41, 5.74) is -0.413. The molecule has 4 aliphatic rings. The number of ether oxygens (including phenoxy) is 2. The number of alkyl halides is 2. The summed E-state index contributed by atoms with van der Waals surface area (Å²) in [7, 11) is 1.73. The average Bonchev–Trinajstić information content (AvgIpc) is 3.24. The van der Waals surface area contributed by atoms with Crippen molar-refractivity contribution in [2.75, 3.05) is 52.3 Å². The molecule has 1 spiro atoms. The summed E-state index contributed by atoms with van der Waals surface area (Å²) < 4.78 is 39.3. The van der Waals surface area contributed by atoms with E-state index in [1.807, 2.05) is 11.8 Å². The van der Waals surface area contributed by atoms with Crippen LogP contribution in [0.5, 0.6) is 0 Å². The van der Waals surface area contributed by atoms with Crippen molar-refractivity contribution in [2.45, 2.75) is 80.2 Å². The van der Waals surface area contributed by atoms with E-state index in [4.69, 9.17) is 9.47 Å². The second-order valence-electron chi connectivity index (χ2n) is 10.5. The van der Waals surface area contributed by atoms with Crippen LogP contribution in [0.25, 0.3) is 0 Å². The van der Waals surface area contributed by atoms with Crippen molar-refractivity contribution in [3.63, 3.8) is 0 Å². The van der Waals surface area contributed by atoms with Crippen molar-refractivity contribution in [2.24, 2.45) is 0 Å². The first-order valence-electron chi connectivity index (χ1n) is 13.7. The van der Waals surface area contributed by atoms with Crippen molar-refractivity contribution in [1.82, 2.24) is 20.9 Å². The summed E-state index contributed by atoms with van der Waals surface area (Å²) in [4.78, 5) is 37.3. The molecule has 1 aliphatic carbocycles. The summed E-state index contributed by atoms with van der Waals surface area (Å²) in [6, 6.07) is 0.206. The highest BCUT2D eigenvalue weighted by Gasteiger charge is 2.67. The molecule has 0 aromatic carbocycles. The highest BCUT2D eigenvalue weighted by atomic mass is 32.2. The molecule has 4 rings (SSSR count). The predicted molar refractivity (Wildman–Crippen MR) is 140 cm³/mol. The van der Waals surface area contributed by atoms with Gasteiger partial charge in [0.1, 0.15) is 11.3 Å². The van der Waals surface area contributed by atoms with Gasteiger partial charge in [0.25, 0.3) is 5.92 Å². The highest BCUT2D eigenvalue weighted by Crippen LogP contribution is 2.57. The van der Waals surface area contributed by atoms with Crippen LogP contribution in [0.3, 0.4) is 0 Å². The molecule has 0 aromatic heterocycles. The van der Waals surface area contributed by atoms with E-state index in [0.29, 0.717) is 83.3 Å². The third-order valence-corrected chi connectivity index (χ3v) is 9.40. The Hall–Kier alpha value is -1.76. The molecule has 3 amide bonds. The molecule has 3 aliphatic heterocycles. The van der Waals surface area contributed by atoms with Crippen LogP contribution in [0, 0.1) is 0 Å². The van der Waals surface area contributed by atoms with Crippen molar-refractivity contribution in [1.29, 1.82) is 0 Å². The van der Waals surface area contributed by atoms with E-state index in [0.717, 1.165) is 17.7 Å². The molecule has 0 saturated carbocycles. The van der Waals surface area contributed by atoms with E-state index in [1.54, 1.807) is 18.0 Å². The number of carbonyl (C=O) groups excluding carboxylic acids is 3. The van der Waals surface area contributed by atoms with Gasteiger partial charge >= 0.3 is 6.03 Å². The summed E-state index contributed by atoms with van der Waals surface area (Å²) in [5, 5.41) is 8.94. The van der Waals surface area contributed by atoms with E-state index in [2.05, 4.69) is 16.0 Å². The molecule has 0 radical (unpaired) electrons. The molecule has 214 valence electrons. The van der Waals surface area contributed by atoms with Gasteiger partial charge in [-0.1, -0.05) is 6.08 Å². The second-order valence-corrected chi connectivity index (χ2v) is 11.8. The lowest BCUT2D eigenvalue weighted by Gasteiger charge is -2.26. The first kappa shape index (κ1) is 29.2. The summed E-state index contributed by atoms with van der Waals surface area (Å²) in [6.45, 7) is 2.47. The SMILES string of the molecule is CN1CCC(F)(F)C12C=C2CCCC(=O)NCCOCCOCCCC(=O)CCC1SCC2NC(=O)NC21. The Bertz CT molecular complexity index is 907. The number of nitrogens with zero attached hydrogens (tertiary/aromatic N) is 1. The van der Waals surface area contributed by atoms with Gasteiger partial charge in [0, 0.05) is 56.4 Å². The van der Waals surface area contributed by atoms with Crippen molar-refractivity contribution in [3.05, 3.63) is 11.6 Å². The van der Waals surface area contributed by atoms with Crippen LogP contribution >= 0.6 is 11.8 Å². The van der Waals surface area contributed by atoms with Crippen LogP contribution in [0.4, 0.5) is 13.6 Å². The number of hydrogen-bond donors (Lipinski definition) is 3. The number of carbonyl (C=O) groups is 3. The molecular weight excluding hydrogens is 518 g/mol. The quantitative estimate of drug-likeness (QED) is 0.143. The van der Waals surface area contributed by atoms with Crippen molar-refractivity contribution in [3.8, 4) is 0 Å². The maximum absolute atomic E-state index is 14.2. The highest BCUT2D eigenvalue weighted by molar-refractivity contribution is 8.00. The molecule has 38 heavy (non-hydrogen) atoms. The molecule has 3 heterocycles. The van der Waals surface area contributed by atoms with Crippen LogP contribution in [-0.4, -0.2) is 104 Å². The smallest absolute Gasteiger partial charge is 0.315 e. The number of likely N-dealkylation sites (tertiary alicyclic amines) is 1. The predicted octanol–water partition coefficient (Wildman–Crippen LogP) is 2.25. The number of rotatable bonds is 17. The zero-order valence-electron chi connectivity index (χ0n) is 22.1. The largest absolute Gasteiger partial charge is 0.379 e. The van der Waals surface area contributed by atoms with Gasteiger partial charge < -0.3 is 25.4 Å². The van der Waals surface area contributed by atoms with Crippen LogP contribution in [0.2, 0.25) is 0 Å². The Morgan fingerprint density at radius 3 is 2.68 bits per heavy atom. The number of amides is 3. The number of ketones is 1. The van der Waals surface area contributed by atoms with E-state index in [-0.39, 0.29) is 36.2 Å². The van der Waals surface area contributed by atoms with Crippen LogP contribution in [-0.2, 0) is 19.1 Å². The molecule has 9 nitrogen and oxygen atoms in total. The van der Waals surface area contributed by atoms with Crippen LogP contribution in [0.15, 0.2) is 11.6 Å². The minimum atomic E-state index is -2.70. The van der Waals surface area contributed by atoms with Crippen molar-refractivity contribution >= 4 is 29.5 Å². The fraction of sp³-hybridized carbons (Fsp3) is 0.808. The summed E-state index contributed by atoms with van der Waals surface area (Å²) in [5.74, 6) is -1.69. The monoisotopic (exact) mass is 558 g/mol. The third-order valence-electron chi connectivity index (χ3n) is 7.89. The normalized spacial score (nSPS) is 29.2. The van der Waals surface area contributed by atoms with Gasteiger partial charge in [0.05, 0.1) is 31.9 Å². The number of nitrogens with one attached hydrogen (secondary N) is 3. The Balaban J connectivity index is 0.913. The maximum Gasteiger partial charge on any atom is 0.315 e. The molecule has 4 unspecified atom stereocenters. The van der Waals surface area contributed by atoms with Gasteiger partial charge in [-0.3, -0.25) is 14.5 Å². The topological polar surface area (TPSA) is 109 Å². The Morgan fingerprint density at radius 1 is 1.13 bits per heavy atom. The zero-order valence-corrected chi connectivity index (χ0v) is 22.9. The summed E-state index contributed by atoms with van der Waals surface area (Å²) in [6.07, 6.45) is 5.39. The van der Waals surface area contributed by atoms with E-state index in [1.165, 1.54) is 0 Å². The molecular formula is C26H40F2N4O5S. The lowest BCUT2D eigenvalue weighted by Crippen LogP contribution is -2.42. The molecule has 0 aromatic rings. The van der Waals surface area contributed by atoms with Crippen LogP contribution < -0.4 is 16.0 Å². The molecule has 12 heteroatoms. The zero-order chi connectivity index (χ0) is 27.2. The Labute approximate surface area is 227 Å². The standard InChI is InChI=1S/C26H40F2N4O5S/c1-32-11-9-26(27,28)25(32)16-18(25)4-2-6-22(34)29-10-13-37-15-14-36-12-3-5-19(33)7-8-21-23-20(17-38-21)30-24(35)31-23/h16,20-21,23H,2-15,17H2,1H3,(H,29,34)(H2,30,31,35). The number of likely N-dealkylation sites (N-methyl/N-ethyl adjacent to an activating group) is 1. The molecule has 3 fully saturated rings. The Kier molecular flexibility index (Phi) is 10.0. The fourth-order valence-electron chi connectivity index (χ4n) is 5.68. The number of hydrogen-bond acceptors (Lipinski definition) is 7. The molecule has 4 atom stereocenters. The van der Waals surface area contributed by atoms with Gasteiger partial charge in [-0.25, -0.2) is 13.6 Å². The Morgan fingerprint density at radius 2 is 1.92 bits per heavy atom. The minimum absolute atomic E-state index is 0.104. The second kappa shape index (κ2) is 13.1. The van der Waals surface area contributed by atoms with E-state index < -0.39 is 11.5 Å². The molecule has 3 N–H and O–H groups in total. The summed E-state index contributed by atoms with van der Waals surface area (Å²) >= 11 is 1.82. The first-order chi connectivity index (χ1) is 18.2.